The van der Waals surface area contributed by atoms with Crippen molar-refractivity contribution in [3.05, 3.63) is 6.33 Å². The van der Waals surface area contributed by atoms with Gasteiger partial charge in [0.05, 0.1) is 5.25 Å². The van der Waals surface area contributed by atoms with Gasteiger partial charge in [0.1, 0.15) is 6.33 Å². The summed E-state index contributed by atoms with van der Waals surface area (Å²) in [6, 6.07) is 0.578. The van der Waals surface area contributed by atoms with Gasteiger partial charge in [0.25, 0.3) is 0 Å². The summed E-state index contributed by atoms with van der Waals surface area (Å²) in [7, 11) is 0. The van der Waals surface area contributed by atoms with Crippen molar-refractivity contribution in [1.29, 1.82) is 0 Å². The van der Waals surface area contributed by atoms with E-state index in [0.717, 1.165) is 22.9 Å². The maximum atomic E-state index is 13.3. The summed E-state index contributed by atoms with van der Waals surface area (Å²) in [5.74, 6) is 3.00. The highest BCUT2D eigenvalue weighted by atomic mass is 32.2. The summed E-state index contributed by atoms with van der Waals surface area (Å²) >= 11 is 1.64. The van der Waals surface area contributed by atoms with Crippen molar-refractivity contribution in [1.82, 2.24) is 14.8 Å². The van der Waals surface area contributed by atoms with Gasteiger partial charge in [0.2, 0.25) is 0 Å². The van der Waals surface area contributed by atoms with E-state index in [0.29, 0.717) is 11.8 Å². The lowest BCUT2D eigenvalue weighted by molar-refractivity contribution is -0.142. The monoisotopic (exact) mass is 331 g/mol. The topological polar surface area (TPSA) is 47.8 Å². The van der Waals surface area contributed by atoms with E-state index in [4.69, 9.17) is 0 Å². The average molecular weight is 331 g/mol. The number of rotatable bonds is 5. The van der Waals surface area contributed by atoms with Crippen LogP contribution in [0.4, 0.5) is 0 Å². The predicted molar refractivity (Wildman–Crippen MR) is 89.2 cm³/mol. The lowest BCUT2D eigenvalue weighted by Gasteiger charge is -2.56. The Labute approximate surface area is 141 Å². The fraction of sp³-hybridized carbons (Fsp3) is 0.833. The van der Waals surface area contributed by atoms with E-state index in [-0.39, 0.29) is 10.7 Å². The summed E-state index contributed by atoms with van der Waals surface area (Å²) in [4.78, 5) is 13.3. The molecular formula is C18H25N3OS. The summed E-state index contributed by atoms with van der Waals surface area (Å²) in [6.45, 7) is 2.09. The molecule has 0 unspecified atom stereocenters. The van der Waals surface area contributed by atoms with Crippen LogP contribution in [0.2, 0.25) is 0 Å². The van der Waals surface area contributed by atoms with E-state index in [1.165, 1.54) is 51.4 Å². The van der Waals surface area contributed by atoms with Crippen LogP contribution in [0.5, 0.6) is 0 Å². The molecule has 5 saturated carbocycles. The number of aromatic nitrogens is 3. The number of thioether (sulfide) groups is 1. The molecule has 1 aromatic heterocycles. The number of Topliss-reactive ketones (excluding diaryl/α,β-unsaturated/α-hetero) is 1. The van der Waals surface area contributed by atoms with E-state index < -0.39 is 0 Å². The minimum Gasteiger partial charge on any atom is -0.306 e. The lowest BCUT2D eigenvalue weighted by Crippen LogP contribution is -2.51. The summed E-state index contributed by atoms with van der Waals surface area (Å²) in [5.41, 5.74) is 0.00555. The van der Waals surface area contributed by atoms with Gasteiger partial charge >= 0.3 is 0 Å². The van der Waals surface area contributed by atoms with Crippen molar-refractivity contribution in [3.8, 4) is 0 Å². The Balaban J connectivity index is 1.34. The third-order valence-electron chi connectivity index (χ3n) is 6.69. The molecule has 0 saturated heterocycles. The zero-order valence-corrected chi connectivity index (χ0v) is 14.6. The molecule has 5 aliphatic carbocycles. The molecule has 4 nitrogen and oxygen atoms in total. The summed E-state index contributed by atoms with van der Waals surface area (Å²) in [5, 5.41) is 9.29. The molecule has 5 fully saturated rings. The molecule has 0 aromatic carbocycles. The van der Waals surface area contributed by atoms with Crippen molar-refractivity contribution in [2.75, 3.05) is 0 Å². The number of nitrogens with zero attached hydrogens (tertiary/aromatic N) is 3. The van der Waals surface area contributed by atoms with Gasteiger partial charge in [0, 0.05) is 11.5 Å². The molecule has 4 bridgehead atoms. The first-order valence-corrected chi connectivity index (χ1v) is 10.1. The third-order valence-corrected chi connectivity index (χ3v) is 7.76. The predicted octanol–water partition coefficient (Wildman–Crippen LogP) is 3.88. The second-order valence-electron chi connectivity index (χ2n) is 8.57. The first-order chi connectivity index (χ1) is 11.1. The van der Waals surface area contributed by atoms with Gasteiger partial charge in [-0.1, -0.05) is 11.8 Å². The Bertz CT molecular complexity index is 601. The van der Waals surface area contributed by atoms with Crippen molar-refractivity contribution in [2.45, 2.75) is 74.7 Å². The quantitative estimate of drug-likeness (QED) is 0.768. The van der Waals surface area contributed by atoms with Gasteiger partial charge in [-0.3, -0.25) is 4.79 Å². The van der Waals surface area contributed by atoms with Gasteiger partial charge in [0.15, 0.2) is 10.9 Å². The highest BCUT2D eigenvalue weighted by Crippen LogP contribution is 2.61. The van der Waals surface area contributed by atoms with Crippen LogP contribution in [0.1, 0.15) is 64.3 Å². The van der Waals surface area contributed by atoms with E-state index in [9.17, 15) is 4.79 Å². The summed E-state index contributed by atoms with van der Waals surface area (Å²) in [6.07, 6.45) is 12.0. The maximum absolute atomic E-state index is 13.3. The van der Waals surface area contributed by atoms with E-state index in [1.807, 2.05) is 6.33 Å². The molecule has 0 amide bonds. The molecule has 1 atom stereocenters. The zero-order chi connectivity index (χ0) is 15.6. The van der Waals surface area contributed by atoms with Crippen LogP contribution in [0, 0.1) is 23.2 Å². The largest absolute Gasteiger partial charge is 0.306 e. The fourth-order valence-electron chi connectivity index (χ4n) is 5.97. The van der Waals surface area contributed by atoms with Gasteiger partial charge < -0.3 is 4.57 Å². The average Bonchev–Trinajstić information content (AvgIpc) is 3.25. The van der Waals surface area contributed by atoms with Gasteiger partial charge in [-0.25, -0.2) is 0 Å². The Hall–Kier alpha value is -0.840. The normalized spacial score (nSPS) is 39.6. The molecule has 0 radical (unpaired) electrons. The molecule has 5 heteroatoms. The minimum absolute atomic E-state index is 0.00555. The third kappa shape index (κ3) is 2.38. The van der Waals surface area contributed by atoms with Crippen molar-refractivity contribution in [3.63, 3.8) is 0 Å². The molecule has 1 heterocycles. The van der Waals surface area contributed by atoms with E-state index >= 15 is 0 Å². The van der Waals surface area contributed by atoms with Crippen LogP contribution >= 0.6 is 11.8 Å². The Morgan fingerprint density at radius 3 is 2.39 bits per heavy atom. The Morgan fingerprint density at radius 2 is 1.83 bits per heavy atom. The number of ketones is 1. The number of carbonyl (C=O) groups excluding carboxylic acids is 1. The van der Waals surface area contributed by atoms with Gasteiger partial charge in [-0.2, -0.15) is 0 Å². The van der Waals surface area contributed by atoms with Gasteiger partial charge in [-0.15, -0.1) is 10.2 Å². The minimum atomic E-state index is 0.00555. The van der Waals surface area contributed by atoms with E-state index in [2.05, 4.69) is 21.7 Å². The molecule has 0 aliphatic heterocycles. The number of hydrogen-bond donors (Lipinski definition) is 0. The molecule has 1 aromatic rings. The molecule has 23 heavy (non-hydrogen) atoms. The van der Waals surface area contributed by atoms with Crippen LogP contribution in [0.15, 0.2) is 11.5 Å². The standard InChI is InChI=1S/C18H25N3OS/c1-11(23-17-20-19-10-21(17)15-2-3-15)16(22)18-7-12-4-13(8-18)6-14(5-12)9-18/h10-15H,2-9H2,1H3/t11-,12?,13?,14?,18?/m1/s1. The van der Waals surface area contributed by atoms with Crippen LogP contribution in [0.3, 0.4) is 0 Å². The summed E-state index contributed by atoms with van der Waals surface area (Å²) < 4.78 is 2.17. The number of hydrogen-bond acceptors (Lipinski definition) is 4. The highest BCUT2D eigenvalue weighted by molar-refractivity contribution is 8.00. The van der Waals surface area contributed by atoms with Crippen LogP contribution in [-0.2, 0) is 4.79 Å². The molecule has 6 rings (SSSR count). The van der Waals surface area contributed by atoms with Crippen LogP contribution in [0.25, 0.3) is 0 Å². The SMILES string of the molecule is C[C@@H](Sc1nncn1C1CC1)C(=O)C12CC3CC(CC(C3)C1)C2. The first-order valence-electron chi connectivity index (χ1n) is 9.23. The molecule has 0 N–H and O–H groups in total. The van der Waals surface area contributed by atoms with Gasteiger partial charge in [-0.05, 0) is 76.0 Å². The second-order valence-corrected chi connectivity index (χ2v) is 9.88. The fourth-order valence-corrected chi connectivity index (χ4v) is 7.06. The van der Waals surface area contributed by atoms with Crippen molar-refractivity contribution >= 4 is 17.5 Å². The molecule has 5 aliphatic rings. The lowest BCUT2D eigenvalue weighted by atomic mass is 9.48. The Morgan fingerprint density at radius 1 is 1.22 bits per heavy atom. The molecule has 124 valence electrons. The van der Waals surface area contributed by atoms with Crippen LogP contribution < -0.4 is 0 Å². The number of carbonyl (C=O) groups is 1. The van der Waals surface area contributed by atoms with E-state index in [1.54, 1.807) is 11.8 Å². The second kappa shape index (κ2) is 5.08. The first kappa shape index (κ1) is 14.5. The zero-order valence-electron chi connectivity index (χ0n) is 13.8. The van der Waals surface area contributed by atoms with Crippen molar-refractivity contribution in [2.24, 2.45) is 23.2 Å². The maximum Gasteiger partial charge on any atom is 0.191 e. The van der Waals surface area contributed by atoms with Crippen LogP contribution in [-0.4, -0.2) is 25.8 Å². The Kier molecular flexibility index (Phi) is 3.20. The highest BCUT2D eigenvalue weighted by Gasteiger charge is 2.55. The molecule has 0 spiro atoms. The molecular weight excluding hydrogens is 306 g/mol. The smallest absolute Gasteiger partial charge is 0.191 e. The van der Waals surface area contributed by atoms with Crippen molar-refractivity contribution < 1.29 is 4.79 Å².